The summed E-state index contributed by atoms with van der Waals surface area (Å²) in [6.45, 7) is 1.71. The second-order valence-electron chi connectivity index (χ2n) is 4.31. The number of rotatable bonds is 3. The average molecular weight is 377 g/mol. The molecule has 1 unspecified atom stereocenters. The van der Waals surface area contributed by atoms with Crippen LogP contribution in [0.4, 0.5) is 0 Å². The number of hydrogen-bond acceptors (Lipinski definition) is 7. The fourth-order valence-electron chi connectivity index (χ4n) is 1.87. The molecule has 0 bridgehead atoms. The Morgan fingerprint density at radius 2 is 2.00 bits per heavy atom. The first-order chi connectivity index (χ1) is 9.14. The van der Waals surface area contributed by atoms with E-state index in [2.05, 4.69) is 4.98 Å². The van der Waals surface area contributed by atoms with E-state index in [1.807, 2.05) is 0 Å². The second-order valence-corrected chi connectivity index (χ2v) is 11.3. The fourth-order valence-corrected chi connectivity index (χ4v) is 8.89. The number of aryl methyl sites for hydroxylation is 1. The van der Waals surface area contributed by atoms with Crippen molar-refractivity contribution >= 4 is 54.6 Å². The first-order valence-corrected chi connectivity index (χ1v) is 11.3. The Morgan fingerprint density at radius 3 is 2.50 bits per heavy atom. The van der Waals surface area contributed by atoms with Crippen molar-refractivity contribution in [2.45, 2.75) is 16.5 Å². The number of thioether (sulfide) groups is 1. The molecule has 20 heavy (non-hydrogen) atoms. The van der Waals surface area contributed by atoms with Gasteiger partial charge in [0, 0.05) is 24.3 Å². The average Bonchev–Trinajstić information content (AvgIpc) is 2.68. The highest BCUT2D eigenvalue weighted by Gasteiger charge is 2.41. The van der Waals surface area contributed by atoms with Crippen molar-refractivity contribution in [1.82, 2.24) is 9.29 Å². The molecule has 1 atom stereocenters. The normalized spacial score (nSPS) is 22.1. The first-order valence-electron chi connectivity index (χ1n) is 5.55. The Balaban J connectivity index is 2.49. The van der Waals surface area contributed by atoms with E-state index in [4.69, 9.17) is 11.6 Å². The lowest BCUT2D eigenvalue weighted by Crippen LogP contribution is -2.49. The van der Waals surface area contributed by atoms with Gasteiger partial charge in [0.2, 0.25) is 0 Å². The van der Waals surface area contributed by atoms with Gasteiger partial charge >= 0.3 is 0 Å². The monoisotopic (exact) mass is 376 g/mol. The molecule has 1 aromatic rings. The fraction of sp³-hybridized carbons (Fsp3) is 0.667. The highest BCUT2D eigenvalue weighted by Crippen LogP contribution is 2.33. The number of aromatic nitrogens is 1. The van der Waals surface area contributed by atoms with E-state index in [-0.39, 0.29) is 21.0 Å². The predicted molar refractivity (Wildman–Crippen MR) is 81.7 cm³/mol. The molecule has 1 saturated heterocycles. The van der Waals surface area contributed by atoms with Crippen LogP contribution in [0.15, 0.2) is 4.21 Å². The molecular formula is C9H13ClN2O4S4. The molecule has 0 aromatic carbocycles. The molecule has 1 fully saturated rings. The van der Waals surface area contributed by atoms with Gasteiger partial charge in [0.15, 0.2) is 18.5 Å². The van der Waals surface area contributed by atoms with Crippen LogP contribution in [0.3, 0.4) is 0 Å². The molecule has 0 amide bonds. The summed E-state index contributed by atoms with van der Waals surface area (Å²) in [5.74, 6) is 0.806. The van der Waals surface area contributed by atoms with Crippen LogP contribution in [0.1, 0.15) is 5.69 Å². The molecule has 0 saturated carbocycles. The van der Waals surface area contributed by atoms with E-state index in [9.17, 15) is 16.8 Å². The number of sulfonamides is 1. The van der Waals surface area contributed by atoms with E-state index >= 15 is 0 Å². The van der Waals surface area contributed by atoms with Crippen molar-refractivity contribution in [3.8, 4) is 0 Å². The molecule has 0 spiro atoms. The van der Waals surface area contributed by atoms with Gasteiger partial charge in [0.1, 0.15) is 5.37 Å². The van der Waals surface area contributed by atoms with Crippen LogP contribution in [-0.4, -0.2) is 55.8 Å². The summed E-state index contributed by atoms with van der Waals surface area (Å²) in [5, 5.41) is -1.04. The van der Waals surface area contributed by atoms with Gasteiger partial charge in [-0.3, -0.25) is 0 Å². The largest absolute Gasteiger partial charge is 0.255 e. The summed E-state index contributed by atoms with van der Waals surface area (Å²) in [6.07, 6.45) is 1.05. The van der Waals surface area contributed by atoms with Crippen molar-refractivity contribution in [1.29, 1.82) is 0 Å². The standard InChI is InChI=1S/C9H13ClN2O4S4/c1-6-8(18-9(10)11-6)20(15,16)12-3-4-17-5-7(12)19(2,13)14/h7H,3-5H2,1-2H3. The maximum atomic E-state index is 12.6. The molecule has 1 aromatic heterocycles. The van der Waals surface area contributed by atoms with Crippen LogP contribution in [0.5, 0.6) is 0 Å². The van der Waals surface area contributed by atoms with Gasteiger partial charge in [-0.05, 0) is 6.92 Å². The topological polar surface area (TPSA) is 84.4 Å². The molecule has 2 rings (SSSR count). The van der Waals surface area contributed by atoms with Crippen LogP contribution in [0.2, 0.25) is 4.47 Å². The van der Waals surface area contributed by atoms with E-state index in [1.165, 1.54) is 11.8 Å². The molecule has 1 aliphatic heterocycles. The Labute approximate surface area is 131 Å². The van der Waals surface area contributed by atoms with Crippen molar-refractivity contribution in [2.24, 2.45) is 0 Å². The summed E-state index contributed by atoms with van der Waals surface area (Å²) >= 11 is 8.02. The maximum absolute atomic E-state index is 12.6. The zero-order valence-electron chi connectivity index (χ0n) is 10.7. The third-order valence-electron chi connectivity index (χ3n) is 2.80. The minimum absolute atomic E-state index is 0.0167. The molecule has 2 heterocycles. The van der Waals surface area contributed by atoms with Crippen molar-refractivity contribution in [3.63, 3.8) is 0 Å². The van der Waals surface area contributed by atoms with E-state index < -0.39 is 25.2 Å². The van der Waals surface area contributed by atoms with E-state index in [0.717, 1.165) is 21.9 Å². The molecule has 6 nitrogen and oxygen atoms in total. The van der Waals surface area contributed by atoms with Gasteiger partial charge in [0.05, 0.1) is 5.69 Å². The highest BCUT2D eigenvalue weighted by molar-refractivity contribution is 8.01. The number of sulfone groups is 1. The summed E-state index contributed by atoms with van der Waals surface area (Å²) in [4.78, 5) is 3.88. The molecule has 0 N–H and O–H groups in total. The molecule has 11 heteroatoms. The minimum atomic E-state index is -3.89. The molecule has 0 aliphatic carbocycles. The predicted octanol–water partition coefficient (Wildman–Crippen LogP) is 1.21. The minimum Gasteiger partial charge on any atom is -0.229 e. The van der Waals surface area contributed by atoms with Crippen LogP contribution < -0.4 is 0 Å². The summed E-state index contributed by atoms with van der Waals surface area (Å²) in [5.41, 5.74) is 0.297. The van der Waals surface area contributed by atoms with Crippen molar-refractivity contribution in [3.05, 3.63) is 10.2 Å². The van der Waals surface area contributed by atoms with E-state index in [1.54, 1.807) is 6.92 Å². The first kappa shape index (κ1) is 16.5. The van der Waals surface area contributed by atoms with Crippen LogP contribution in [0.25, 0.3) is 0 Å². The van der Waals surface area contributed by atoms with Gasteiger partial charge in [0.25, 0.3) is 10.0 Å². The SMILES string of the molecule is Cc1nc(Cl)sc1S(=O)(=O)N1CCSCC1S(C)(=O)=O. The Kier molecular flexibility index (Phi) is 4.73. The molecule has 1 aliphatic rings. The Hall–Kier alpha value is 0.130. The summed E-state index contributed by atoms with van der Waals surface area (Å²) in [7, 11) is -7.39. The molecular weight excluding hydrogens is 364 g/mol. The van der Waals surface area contributed by atoms with Gasteiger partial charge < -0.3 is 0 Å². The smallest absolute Gasteiger partial charge is 0.229 e. The third-order valence-corrected chi connectivity index (χ3v) is 9.34. The zero-order valence-corrected chi connectivity index (χ0v) is 14.8. The lowest BCUT2D eigenvalue weighted by Gasteiger charge is -2.32. The Bertz CT molecular complexity index is 712. The molecule has 0 radical (unpaired) electrons. The second kappa shape index (κ2) is 5.73. The summed E-state index contributed by atoms with van der Waals surface area (Å²) in [6, 6.07) is 0. The Morgan fingerprint density at radius 1 is 1.35 bits per heavy atom. The van der Waals surface area contributed by atoms with Crippen molar-refractivity contribution < 1.29 is 16.8 Å². The van der Waals surface area contributed by atoms with Gasteiger partial charge in [-0.1, -0.05) is 22.9 Å². The third kappa shape index (κ3) is 3.14. The van der Waals surface area contributed by atoms with Gasteiger partial charge in [-0.25, -0.2) is 21.8 Å². The number of nitrogens with zero attached hydrogens (tertiary/aromatic N) is 2. The maximum Gasteiger partial charge on any atom is 0.255 e. The summed E-state index contributed by atoms with van der Waals surface area (Å²) < 4.78 is 50.1. The number of halogens is 1. The quantitative estimate of drug-likeness (QED) is 0.788. The van der Waals surface area contributed by atoms with Gasteiger partial charge in [-0.2, -0.15) is 16.1 Å². The highest BCUT2D eigenvalue weighted by atomic mass is 35.5. The number of thiazole rings is 1. The van der Waals surface area contributed by atoms with E-state index in [0.29, 0.717) is 11.4 Å². The number of hydrogen-bond donors (Lipinski definition) is 0. The molecule has 114 valence electrons. The van der Waals surface area contributed by atoms with Gasteiger partial charge in [-0.15, -0.1) is 0 Å². The lowest BCUT2D eigenvalue weighted by molar-refractivity contribution is 0.405. The lowest BCUT2D eigenvalue weighted by atomic mass is 10.6. The van der Waals surface area contributed by atoms with Crippen LogP contribution in [0, 0.1) is 6.92 Å². The van der Waals surface area contributed by atoms with Crippen molar-refractivity contribution in [2.75, 3.05) is 24.3 Å². The van der Waals surface area contributed by atoms with Crippen LogP contribution in [-0.2, 0) is 19.9 Å². The zero-order chi connectivity index (χ0) is 15.1. The van der Waals surface area contributed by atoms with Crippen LogP contribution >= 0.6 is 34.7 Å².